The van der Waals surface area contributed by atoms with E-state index >= 15 is 0 Å². The van der Waals surface area contributed by atoms with Gasteiger partial charge in [0.1, 0.15) is 16.6 Å². The second-order valence-corrected chi connectivity index (χ2v) is 3.62. The first-order valence-corrected chi connectivity index (χ1v) is 5.24. The van der Waals surface area contributed by atoms with Crippen LogP contribution in [0.1, 0.15) is 12.0 Å². The molecule has 6 heteroatoms. The molecule has 0 bridgehead atoms. The first-order chi connectivity index (χ1) is 8.04. The quantitative estimate of drug-likeness (QED) is 0.638. The van der Waals surface area contributed by atoms with Gasteiger partial charge in [-0.1, -0.05) is 12.2 Å². The topological polar surface area (TPSA) is 61.5 Å². The Hall–Kier alpha value is -1.69. The van der Waals surface area contributed by atoms with Crippen molar-refractivity contribution in [1.82, 2.24) is 0 Å². The fraction of sp³-hybridized carbons (Fsp3) is 0.273. The summed E-state index contributed by atoms with van der Waals surface area (Å²) in [5.41, 5.74) is 5.48. The van der Waals surface area contributed by atoms with Gasteiger partial charge in [0.05, 0.1) is 20.1 Å². The lowest BCUT2D eigenvalue weighted by Gasteiger charge is -2.07. The second kappa shape index (κ2) is 6.15. The van der Waals surface area contributed by atoms with Crippen molar-refractivity contribution in [3.05, 3.63) is 29.6 Å². The van der Waals surface area contributed by atoms with Crippen LogP contribution >= 0.6 is 12.2 Å². The lowest BCUT2D eigenvalue weighted by molar-refractivity contribution is -0.141. The highest BCUT2D eigenvalue weighted by atomic mass is 32.1. The number of carbonyl (C=O) groups excluding carboxylic acids is 1. The van der Waals surface area contributed by atoms with Gasteiger partial charge in [-0.3, -0.25) is 4.79 Å². The van der Waals surface area contributed by atoms with Crippen molar-refractivity contribution in [3.8, 4) is 5.75 Å². The molecule has 1 rings (SSSR count). The molecular weight excluding hydrogens is 245 g/mol. The Morgan fingerprint density at radius 1 is 1.53 bits per heavy atom. The van der Waals surface area contributed by atoms with Gasteiger partial charge in [-0.2, -0.15) is 0 Å². The van der Waals surface area contributed by atoms with Gasteiger partial charge in [0.25, 0.3) is 0 Å². The van der Waals surface area contributed by atoms with Crippen LogP contribution in [0.4, 0.5) is 4.39 Å². The fourth-order valence-corrected chi connectivity index (χ4v) is 1.31. The summed E-state index contributed by atoms with van der Waals surface area (Å²) >= 11 is 4.67. The molecule has 0 aromatic heterocycles. The number of nitrogens with two attached hydrogens (primary N) is 1. The molecule has 0 aliphatic heterocycles. The Labute approximate surface area is 104 Å². The van der Waals surface area contributed by atoms with Crippen LogP contribution < -0.4 is 10.5 Å². The summed E-state index contributed by atoms with van der Waals surface area (Å²) in [5.74, 6) is -0.621. The SMILES string of the molecule is COC(=O)CCOc1ccc(C(N)=S)c(F)c1. The summed E-state index contributed by atoms with van der Waals surface area (Å²) in [6, 6.07) is 4.14. The minimum atomic E-state index is -0.548. The van der Waals surface area contributed by atoms with Crippen LogP contribution in [0.25, 0.3) is 0 Å². The number of esters is 1. The fourth-order valence-electron chi connectivity index (χ4n) is 1.14. The average Bonchev–Trinajstić information content (AvgIpc) is 2.28. The summed E-state index contributed by atoms with van der Waals surface area (Å²) in [5, 5.41) is 0. The Bertz CT molecular complexity index is 437. The molecule has 0 spiro atoms. The summed E-state index contributed by atoms with van der Waals surface area (Å²) in [7, 11) is 1.29. The molecule has 4 nitrogen and oxygen atoms in total. The van der Waals surface area contributed by atoms with E-state index in [-0.39, 0.29) is 29.5 Å². The van der Waals surface area contributed by atoms with E-state index in [2.05, 4.69) is 17.0 Å². The van der Waals surface area contributed by atoms with E-state index in [1.807, 2.05) is 0 Å². The van der Waals surface area contributed by atoms with Gasteiger partial charge in [0.15, 0.2) is 0 Å². The molecule has 0 atom stereocenters. The molecule has 92 valence electrons. The standard InChI is InChI=1S/C11H12FNO3S/c1-15-10(14)4-5-16-7-2-3-8(11(13)17)9(12)6-7/h2-3,6H,4-5H2,1H3,(H2,13,17). The zero-order valence-electron chi connectivity index (χ0n) is 9.23. The summed E-state index contributed by atoms with van der Waals surface area (Å²) in [4.78, 5) is 10.8. The first kappa shape index (κ1) is 13.4. The molecule has 0 heterocycles. The molecular formula is C11H12FNO3S. The summed E-state index contributed by atoms with van der Waals surface area (Å²) in [6.45, 7) is 0.124. The van der Waals surface area contributed by atoms with Crippen molar-refractivity contribution >= 4 is 23.2 Å². The number of hydrogen-bond acceptors (Lipinski definition) is 4. The molecule has 0 radical (unpaired) electrons. The van der Waals surface area contributed by atoms with Crippen LogP contribution in [-0.2, 0) is 9.53 Å². The lowest BCUT2D eigenvalue weighted by atomic mass is 10.2. The molecule has 0 aliphatic carbocycles. The van der Waals surface area contributed by atoms with E-state index in [0.717, 1.165) is 0 Å². The van der Waals surface area contributed by atoms with Crippen molar-refractivity contribution in [3.63, 3.8) is 0 Å². The number of rotatable bonds is 5. The van der Waals surface area contributed by atoms with Crippen LogP contribution in [0, 0.1) is 5.82 Å². The zero-order chi connectivity index (χ0) is 12.8. The van der Waals surface area contributed by atoms with E-state index in [1.165, 1.54) is 25.3 Å². The van der Waals surface area contributed by atoms with Gasteiger partial charge in [0, 0.05) is 11.6 Å². The number of carbonyl (C=O) groups is 1. The van der Waals surface area contributed by atoms with E-state index in [4.69, 9.17) is 10.5 Å². The number of ether oxygens (including phenoxy) is 2. The van der Waals surface area contributed by atoms with Crippen LogP contribution in [-0.4, -0.2) is 24.7 Å². The third-order valence-electron chi connectivity index (χ3n) is 2.01. The Morgan fingerprint density at radius 2 is 2.24 bits per heavy atom. The highest BCUT2D eigenvalue weighted by molar-refractivity contribution is 7.80. The third kappa shape index (κ3) is 3.99. The Balaban J connectivity index is 2.59. The molecule has 0 fully saturated rings. The van der Waals surface area contributed by atoms with Crippen LogP contribution in [0.15, 0.2) is 18.2 Å². The third-order valence-corrected chi connectivity index (χ3v) is 2.23. The van der Waals surface area contributed by atoms with Gasteiger partial charge in [-0.15, -0.1) is 0 Å². The molecule has 0 saturated heterocycles. The normalized spacial score (nSPS) is 9.76. The maximum atomic E-state index is 13.4. The number of methoxy groups -OCH3 is 1. The second-order valence-electron chi connectivity index (χ2n) is 3.18. The van der Waals surface area contributed by atoms with Gasteiger partial charge in [-0.25, -0.2) is 4.39 Å². The number of benzene rings is 1. The molecule has 2 N–H and O–H groups in total. The Kier molecular flexibility index (Phi) is 4.84. The van der Waals surface area contributed by atoms with Crippen molar-refractivity contribution in [1.29, 1.82) is 0 Å². The largest absolute Gasteiger partial charge is 0.493 e. The smallest absolute Gasteiger partial charge is 0.308 e. The van der Waals surface area contributed by atoms with E-state index in [9.17, 15) is 9.18 Å². The molecule has 17 heavy (non-hydrogen) atoms. The first-order valence-electron chi connectivity index (χ1n) is 4.83. The highest BCUT2D eigenvalue weighted by Gasteiger charge is 2.07. The zero-order valence-corrected chi connectivity index (χ0v) is 10.1. The van der Waals surface area contributed by atoms with Gasteiger partial charge >= 0.3 is 5.97 Å². The van der Waals surface area contributed by atoms with E-state index < -0.39 is 5.82 Å². The van der Waals surface area contributed by atoms with Crippen LogP contribution in [0.2, 0.25) is 0 Å². The molecule has 0 aliphatic rings. The van der Waals surface area contributed by atoms with E-state index in [1.54, 1.807) is 0 Å². The van der Waals surface area contributed by atoms with Gasteiger partial charge < -0.3 is 15.2 Å². The van der Waals surface area contributed by atoms with Gasteiger partial charge in [0.2, 0.25) is 0 Å². The Morgan fingerprint density at radius 3 is 2.76 bits per heavy atom. The van der Waals surface area contributed by atoms with Crippen molar-refractivity contribution in [2.75, 3.05) is 13.7 Å². The minimum Gasteiger partial charge on any atom is -0.493 e. The van der Waals surface area contributed by atoms with Gasteiger partial charge in [-0.05, 0) is 12.1 Å². The minimum absolute atomic E-state index is 0.0105. The predicted octanol–water partition coefficient (Wildman–Crippen LogP) is 1.40. The van der Waals surface area contributed by atoms with Crippen LogP contribution in [0.5, 0.6) is 5.75 Å². The average molecular weight is 257 g/mol. The maximum absolute atomic E-state index is 13.4. The molecule has 0 saturated carbocycles. The number of hydrogen-bond donors (Lipinski definition) is 1. The number of halogens is 1. The highest BCUT2D eigenvalue weighted by Crippen LogP contribution is 2.16. The summed E-state index contributed by atoms with van der Waals surface area (Å²) in [6.07, 6.45) is 0.106. The molecule has 1 aromatic carbocycles. The molecule has 0 unspecified atom stereocenters. The molecule has 1 aromatic rings. The predicted molar refractivity (Wildman–Crippen MR) is 64.4 cm³/mol. The maximum Gasteiger partial charge on any atom is 0.308 e. The monoisotopic (exact) mass is 257 g/mol. The number of thiocarbonyl (C=S) groups is 1. The van der Waals surface area contributed by atoms with E-state index in [0.29, 0.717) is 5.75 Å². The van der Waals surface area contributed by atoms with Crippen molar-refractivity contribution < 1.29 is 18.7 Å². The summed E-state index contributed by atoms with van der Waals surface area (Å²) < 4.78 is 23.0. The van der Waals surface area contributed by atoms with Crippen LogP contribution in [0.3, 0.4) is 0 Å². The lowest BCUT2D eigenvalue weighted by Crippen LogP contribution is -2.12. The molecule has 0 amide bonds. The van der Waals surface area contributed by atoms with Crippen molar-refractivity contribution in [2.45, 2.75) is 6.42 Å². The van der Waals surface area contributed by atoms with Crippen molar-refractivity contribution in [2.24, 2.45) is 5.73 Å².